The van der Waals surface area contributed by atoms with Crippen LogP contribution in [-0.2, 0) is 16.4 Å². The van der Waals surface area contributed by atoms with E-state index in [1.54, 1.807) is 16.4 Å². The van der Waals surface area contributed by atoms with Gasteiger partial charge in [-0.2, -0.15) is 4.31 Å². The first-order valence-corrected chi connectivity index (χ1v) is 14.0. The molecule has 2 unspecified atom stereocenters. The summed E-state index contributed by atoms with van der Waals surface area (Å²) in [7, 11) is -3.57. The van der Waals surface area contributed by atoms with Gasteiger partial charge in [-0.1, -0.05) is 51.5 Å². The van der Waals surface area contributed by atoms with Gasteiger partial charge in [0.25, 0.3) is 5.91 Å². The van der Waals surface area contributed by atoms with Crippen LogP contribution in [0.5, 0.6) is 0 Å². The number of rotatable bonds is 7. The summed E-state index contributed by atoms with van der Waals surface area (Å²) in [6.45, 7) is 7.38. The third-order valence-corrected chi connectivity index (χ3v) is 8.71. The van der Waals surface area contributed by atoms with E-state index in [-0.39, 0.29) is 10.8 Å². The van der Waals surface area contributed by atoms with Gasteiger partial charge in [-0.15, -0.1) is 11.3 Å². The minimum atomic E-state index is -3.57. The zero-order valence-electron chi connectivity index (χ0n) is 19.8. The summed E-state index contributed by atoms with van der Waals surface area (Å²) in [5.74, 6) is 0.352. The van der Waals surface area contributed by atoms with E-state index < -0.39 is 10.0 Å². The van der Waals surface area contributed by atoms with Crippen molar-refractivity contribution in [2.45, 2.75) is 44.9 Å². The largest absolute Gasteiger partial charge is 0.298 e. The van der Waals surface area contributed by atoms with Gasteiger partial charge in [0.15, 0.2) is 5.13 Å². The van der Waals surface area contributed by atoms with E-state index in [4.69, 9.17) is 0 Å². The van der Waals surface area contributed by atoms with Gasteiger partial charge in [0, 0.05) is 29.6 Å². The normalized spacial score (nSPS) is 19.1. The van der Waals surface area contributed by atoms with Crippen LogP contribution < -0.4 is 5.32 Å². The van der Waals surface area contributed by atoms with Crippen molar-refractivity contribution >= 4 is 32.4 Å². The average Bonchev–Trinajstić information content (AvgIpc) is 3.27. The first kappa shape index (κ1) is 24.6. The standard InChI is InChI=1S/C26H31N3O3S2/c1-4-5-20-6-8-21(9-7-20)24-17-33-26(27-24)28-25(30)22-10-12-23(13-11-22)34(31,32)29-15-18(2)14-19(3)16-29/h6-13,17-19H,4-5,14-16H2,1-3H3,(H,27,28,30). The summed E-state index contributed by atoms with van der Waals surface area (Å²) < 4.78 is 27.7. The Morgan fingerprint density at radius 2 is 1.71 bits per heavy atom. The molecule has 0 aliphatic carbocycles. The predicted octanol–water partition coefficient (Wildman–Crippen LogP) is 5.68. The number of benzene rings is 2. The Bertz CT molecular complexity index is 1230. The number of nitrogens with one attached hydrogen (secondary N) is 1. The van der Waals surface area contributed by atoms with Gasteiger partial charge in [-0.3, -0.25) is 10.1 Å². The third-order valence-electron chi connectivity index (χ3n) is 6.10. The van der Waals surface area contributed by atoms with Crippen molar-refractivity contribution in [2.24, 2.45) is 11.8 Å². The van der Waals surface area contributed by atoms with Crippen LogP contribution in [-0.4, -0.2) is 36.7 Å². The molecule has 8 heteroatoms. The van der Waals surface area contributed by atoms with E-state index in [9.17, 15) is 13.2 Å². The number of aromatic nitrogens is 1. The average molecular weight is 498 g/mol. The fraction of sp³-hybridized carbons (Fsp3) is 0.385. The van der Waals surface area contributed by atoms with Crippen LogP contribution in [0.15, 0.2) is 58.8 Å². The molecular weight excluding hydrogens is 466 g/mol. The topological polar surface area (TPSA) is 79.4 Å². The van der Waals surface area contributed by atoms with Crippen molar-refractivity contribution in [1.82, 2.24) is 9.29 Å². The number of thiazole rings is 1. The number of sulfonamides is 1. The quantitative estimate of drug-likeness (QED) is 0.455. The highest BCUT2D eigenvalue weighted by Crippen LogP contribution is 2.28. The summed E-state index contributed by atoms with van der Waals surface area (Å²) in [6, 6.07) is 14.5. The fourth-order valence-electron chi connectivity index (χ4n) is 4.49. The summed E-state index contributed by atoms with van der Waals surface area (Å²) in [5, 5.41) is 5.24. The lowest BCUT2D eigenvalue weighted by molar-refractivity contribution is 0.102. The van der Waals surface area contributed by atoms with Crippen LogP contribution in [0.25, 0.3) is 11.3 Å². The third kappa shape index (κ3) is 5.56. The van der Waals surface area contributed by atoms with Crippen molar-refractivity contribution in [3.05, 3.63) is 65.0 Å². The number of amides is 1. The van der Waals surface area contributed by atoms with Crippen LogP contribution in [0.3, 0.4) is 0 Å². The van der Waals surface area contributed by atoms with Gasteiger partial charge >= 0.3 is 0 Å². The van der Waals surface area contributed by atoms with Crippen molar-refractivity contribution in [2.75, 3.05) is 18.4 Å². The van der Waals surface area contributed by atoms with Crippen LogP contribution in [0.2, 0.25) is 0 Å². The first-order valence-electron chi connectivity index (χ1n) is 11.7. The van der Waals surface area contributed by atoms with Crippen molar-refractivity contribution < 1.29 is 13.2 Å². The summed E-state index contributed by atoms with van der Waals surface area (Å²) in [6.07, 6.45) is 3.19. The molecule has 2 heterocycles. The maximum atomic E-state index is 13.1. The maximum absolute atomic E-state index is 13.1. The highest BCUT2D eigenvalue weighted by Gasteiger charge is 2.31. The fourth-order valence-corrected chi connectivity index (χ4v) is 6.89. The molecule has 180 valence electrons. The number of carbonyl (C=O) groups is 1. The second-order valence-electron chi connectivity index (χ2n) is 9.23. The minimum absolute atomic E-state index is 0.216. The van der Waals surface area contributed by atoms with E-state index in [0.717, 1.165) is 30.5 Å². The van der Waals surface area contributed by atoms with Gasteiger partial charge in [-0.05, 0) is 54.5 Å². The summed E-state index contributed by atoms with van der Waals surface area (Å²) >= 11 is 1.36. The first-order chi connectivity index (χ1) is 16.3. The Balaban J connectivity index is 1.42. The van der Waals surface area contributed by atoms with Crippen LogP contribution in [0.4, 0.5) is 5.13 Å². The molecule has 34 heavy (non-hydrogen) atoms. The van der Waals surface area contributed by atoms with Crippen LogP contribution in [0.1, 0.15) is 49.5 Å². The summed E-state index contributed by atoms with van der Waals surface area (Å²) in [5.41, 5.74) is 3.51. The molecule has 1 N–H and O–H groups in total. The van der Waals surface area contributed by atoms with E-state index in [2.05, 4.69) is 55.3 Å². The second kappa shape index (κ2) is 10.4. The zero-order chi connectivity index (χ0) is 24.3. The lowest BCUT2D eigenvalue weighted by Gasteiger charge is -2.34. The monoisotopic (exact) mass is 497 g/mol. The molecule has 0 bridgehead atoms. The maximum Gasteiger partial charge on any atom is 0.257 e. The van der Waals surface area contributed by atoms with E-state index in [0.29, 0.717) is 35.6 Å². The molecule has 6 nitrogen and oxygen atoms in total. The molecule has 0 saturated carbocycles. The molecule has 2 aromatic carbocycles. The molecule has 4 rings (SSSR count). The molecular formula is C26H31N3O3S2. The minimum Gasteiger partial charge on any atom is -0.298 e. The van der Waals surface area contributed by atoms with Gasteiger partial charge < -0.3 is 0 Å². The lowest BCUT2D eigenvalue weighted by atomic mass is 9.94. The molecule has 0 spiro atoms. The number of nitrogens with zero attached hydrogens (tertiary/aromatic N) is 2. The second-order valence-corrected chi connectivity index (χ2v) is 12.0. The molecule has 0 radical (unpaired) electrons. The summed E-state index contributed by atoms with van der Waals surface area (Å²) in [4.78, 5) is 17.5. The van der Waals surface area contributed by atoms with E-state index in [1.807, 2.05) is 5.38 Å². The van der Waals surface area contributed by atoms with Gasteiger partial charge in [-0.25, -0.2) is 13.4 Å². The molecule has 1 aliphatic heterocycles. The molecule has 3 aromatic rings. The van der Waals surface area contributed by atoms with Crippen molar-refractivity contribution in [3.8, 4) is 11.3 Å². The Morgan fingerprint density at radius 3 is 2.32 bits per heavy atom. The zero-order valence-corrected chi connectivity index (χ0v) is 21.5. The van der Waals surface area contributed by atoms with Gasteiger partial charge in [0.05, 0.1) is 10.6 Å². The Hall–Kier alpha value is -2.55. The number of carbonyl (C=O) groups excluding carboxylic acids is 1. The smallest absolute Gasteiger partial charge is 0.257 e. The number of hydrogen-bond donors (Lipinski definition) is 1. The predicted molar refractivity (Wildman–Crippen MR) is 138 cm³/mol. The molecule has 2 atom stereocenters. The highest BCUT2D eigenvalue weighted by molar-refractivity contribution is 7.89. The SMILES string of the molecule is CCCc1ccc(-c2csc(NC(=O)c3ccc(S(=O)(=O)N4CC(C)CC(C)C4)cc3)n2)cc1. The van der Waals surface area contributed by atoms with E-state index in [1.165, 1.54) is 29.0 Å². The van der Waals surface area contributed by atoms with E-state index >= 15 is 0 Å². The Kier molecular flexibility index (Phi) is 7.50. The molecule has 1 amide bonds. The number of hydrogen-bond acceptors (Lipinski definition) is 5. The van der Waals surface area contributed by atoms with Gasteiger partial charge in [0.1, 0.15) is 0 Å². The van der Waals surface area contributed by atoms with Gasteiger partial charge in [0.2, 0.25) is 10.0 Å². The van der Waals surface area contributed by atoms with Crippen LogP contribution in [0, 0.1) is 11.8 Å². The van der Waals surface area contributed by atoms with Crippen molar-refractivity contribution in [3.63, 3.8) is 0 Å². The molecule has 1 fully saturated rings. The number of piperidine rings is 1. The molecule has 1 aliphatic rings. The Morgan fingerprint density at radius 1 is 1.06 bits per heavy atom. The highest BCUT2D eigenvalue weighted by atomic mass is 32.2. The molecule has 1 aromatic heterocycles. The lowest BCUT2D eigenvalue weighted by Crippen LogP contribution is -2.42. The number of anilines is 1. The van der Waals surface area contributed by atoms with Crippen LogP contribution >= 0.6 is 11.3 Å². The molecule has 1 saturated heterocycles. The van der Waals surface area contributed by atoms with Crippen molar-refractivity contribution in [1.29, 1.82) is 0 Å². The Labute approximate surface area is 206 Å². The number of aryl methyl sites for hydroxylation is 1.